The smallest absolute Gasteiger partial charge is 0.386 e. The number of amides is 2. The number of anilines is 1. The minimum atomic E-state index is -5.57. The van der Waals surface area contributed by atoms with Crippen LogP contribution in [0.15, 0.2) is 12.7 Å². The van der Waals surface area contributed by atoms with Gasteiger partial charge in [0.25, 0.3) is 0 Å². The van der Waals surface area contributed by atoms with Crippen molar-refractivity contribution < 1.29 is 80.5 Å². The largest absolute Gasteiger partial charge is 0.481 e. The number of nitrogens with two attached hydrogens (primary N) is 1. The predicted molar refractivity (Wildman–Crippen MR) is 244 cm³/mol. The van der Waals surface area contributed by atoms with Gasteiger partial charge in [-0.15, -0.1) is 0 Å². The second kappa shape index (κ2) is 28.9. The molecule has 1 aliphatic rings. The van der Waals surface area contributed by atoms with E-state index in [1.165, 1.54) is 78.1 Å². The Morgan fingerprint density at radius 2 is 1.47 bits per heavy atom. The third kappa shape index (κ3) is 21.5. The Bertz CT molecular complexity index is 1960. The molecule has 24 nitrogen and oxygen atoms in total. The number of nitrogens with zero attached hydrogens (tertiary/aromatic N) is 4. The third-order valence-electron chi connectivity index (χ3n) is 10.2. The molecule has 1 saturated heterocycles. The molecule has 0 aromatic carbocycles. The van der Waals surface area contributed by atoms with Gasteiger partial charge in [0.05, 0.1) is 19.5 Å². The van der Waals surface area contributed by atoms with Crippen molar-refractivity contribution in [1.29, 1.82) is 0 Å². The quantitative estimate of drug-likeness (QED) is 0.0343. The number of thioether (sulfide) groups is 1. The van der Waals surface area contributed by atoms with Crippen LogP contribution in [-0.2, 0) is 50.7 Å². The molecule has 1 fully saturated rings. The first kappa shape index (κ1) is 59.7. The van der Waals surface area contributed by atoms with E-state index < -0.39 is 84.6 Å². The molecule has 0 spiro atoms. The summed E-state index contributed by atoms with van der Waals surface area (Å²) in [4.78, 5) is 88.3. The van der Waals surface area contributed by atoms with Gasteiger partial charge < -0.3 is 50.9 Å². The highest BCUT2D eigenvalue weighted by Gasteiger charge is 2.50. The Balaban J connectivity index is 0.0000150. The van der Waals surface area contributed by atoms with Crippen molar-refractivity contribution in [2.45, 2.75) is 155 Å². The molecular formula is C38H70N7O17P3S. The Morgan fingerprint density at radius 1 is 0.879 bits per heavy atom. The summed E-state index contributed by atoms with van der Waals surface area (Å²) in [6.07, 6.45) is 9.53. The molecule has 2 amide bonds. The average Bonchev–Trinajstić information content (AvgIpc) is 3.79. The minimum Gasteiger partial charge on any atom is -0.386 e. The number of carbonyl (C=O) groups excluding carboxylic acids is 3. The monoisotopic (exact) mass is 1020 g/mol. The number of phosphoric acid groups is 3. The number of aliphatic hydroxyl groups excluding tert-OH is 2. The molecule has 28 heteroatoms. The summed E-state index contributed by atoms with van der Waals surface area (Å²) in [7, 11) is -16.4. The number of nitrogen functional groups attached to an aromatic ring is 1. The molecular weight excluding hydrogens is 951 g/mol. The molecule has 1 aliphatic heterocycles. The van der Waals surface area contributed by atoms with E-state index in [9.17, 15) is 57.9 Å². The van der Waals surface area contributed by atoms with Crippen LogP contribution in [-0.4, -0.2) is 123 Å². The van der Waals surface area contributed by atoms with E-state index in [2.05, 4.69) is 41.3 Å². The molecule has 2 aromatic heterocycles. The zero-order valence-corrected chi connectivity index (χ0v) is 40.5. The van der Waals surface area contributed by atoms with Crippen LogP contribution >= 0.6 is 35.2 Å². The fraction of sp³-hybridized carbons (Fsp3) is 0.789. The molecule has 10 N–H and O–H groups in total. The zero-order valence-electron chi connectivity index (χ0n) is 37.0. The number of aromatic nitrogens is 4. The SMILES string of the molecule is C.CCCCCCCCCCCCCCCC(=O)SCCNC(=O)CCNC(=O)C(O)C(C)(C)COP(=O)(O)OP(=O)(O)OCC1OC(n2cnc3c(N)ncnc32)C(O)C1OP(=O)(O)O. The van der Waals surface area contributed by atoms with E-state index in [1.807, 2.05) is 0 Å². The van der Waals surface area contributed by atoms with Crippen LogP contribution < -0.4 is 16.4 Å². The molecule has 7 unspecified atom stereocenters. The summed E-state index contributed by atoms with van der Waals surface area (Å²) in [5, 5.41) is 26.6. The number of nitrogens with one attached hydrogen (secondary N) is 2. The van der Waals surface area contributed by atoms with E-state index >= 15 is 0 Å². The number of rotatable bonds is 33. The van der Waals surface area contributed by atoms with Gasteiger partial charge in [-0.3, -0.25) is 32.5 Å². The molecule has 380 valence electrons. The Labute approximate surface area is 389 Å². The van der Waals surface area contributed by atoms with Crippen molar-refractivity contribution in [2.75, 3.05) is 37.8 Å². The maximum absolute atomic E-state index is 12.7. The van der Waals surface area contributed by atoms with Crippen molar-refractivity contribution in [2.24, 2.45) is 5.41 Å². The van der Waals surface area contributed by atoms with Crippen molar-refractivity contribution in [1.82, 2.24) is 30.2 Å². The molecule has 0 aliphatic carbocycles. The predicted octanol–water partition coefficient (Wildman–Crippen LogP) is 4.78. The summed E-state index contributed by atoms with van der Waals surface area (Å²) in [5.74, 6) is -1.02. The topological polar surface area (TPSA) is 364 Å². The molecule has 3 heterocycles. The number of aliphatic hydroxyl groups is 2. The van der Waals surface area contributed by atoms with Crippen LogP contribution in [0, 0.1) is 5.41 Å². The molecule has 7 atom stereocenters. The molecule has 0 saturated carbocycles. The number of fused-ring (bicyclic) bond motifs is 1. The number of hydrogen-bond acceptors (Lipinski definition) is 18. The highest BCUT2D eigenvalue weighted by molar-refractivity contribution is 8.13. The lowest BCUT2D eigenvalue weighted by atomic mass is 9.87. The van der Waals surface area contributed by atoms with Gasteiger partial charge in [-0.25, -0.2) is 28.6 Å². The fourth-order valence-corrected chi connectivity index (χ4v) is 10.2. The number of imidazole rings is 1. The number of carbonyl (C=O) groups is 3. The van der Waals surface area contributed by atoms with Crippen molar-refractivity contribution in [3.05, 3.63) is 12.7 Å². The first-order valence-electron chi connectivity index (χ1n) is 21.6. The zero-order chi connectivity index (χ0) is 48.3. The van der Waals surface area contributed by atoms with Gasteiger partial charge in [-0.2, -0.15) is 4.31 Å². The van der Waals surface area contributed by atoms with E-state index in [1.54, 1.807) is 0 Å². The molecule has 66 heavy (non-hydrogen) atoms. The van der Waals surface area contributed by atoms with Gasteiger partial charge >= 0.3 is 23.5 Å². The van der Waals surface area contributed by atoms with Crippen LogP contribution in [0.2, 0.25) is 0 Å². The summed E-state index contributed by atoms with van der Waals surface area (Å²) >= 11 is 1.15. The third-order valence-corrected chi connectivity index (χ3v) is 14.3. The van der Waals surface area contributed by atoms with Crippen LogP contribution in [0.25, 0.3) is 11.2 Å². The Morgan fingerprint density at radius 3 is 2.08 bits per heavy atom. The molecule has 2 aromatic rings. The summed E-state index contributed by atoms with van der Waals surface area (Å²) in [5.41, 5.74) is 4.29. The van der Waals surface area contributed by atoms with Crippen molar-refractivity contribution in [3.8, 4) is 0 Å². The number of ether oxygens (including phenoxy) is 1. The maximum atomic E-state index is 12.7. The van der Waals surface area contributed by atoms with E-state index in [0.29, 0.717) is 12.2 Å². The van der Waals surface area contributed by atoms with Crippen molar-refractivity contribution in [3.63, 3.8) is 0 Å². The van der Waals surface area contributed by atoms with Crippen LogP contribution in [0.4, 0.5) is 5.82 Å². The first-order valence-corrected chi connectivity index (χ1v) is 27.1. The summed E-state index contributed by atoms with van der Waals surface area (Å²) < 4.78 is 62.4. The molecule has 3 rings (SSSR count). The van der Waals surface area contributed by atoms with E-state index in [4.69, 9.17) is 19.5 Å². The second-order valence-electron chi connectivity index (χ2n) is 16.3. The first-order chi connectivity index (χ1) is 30.6. The van der Waals surface area contributed by atoms with E-state index in [-0.39, 0.29) is 49.0 Å². The van der Waals surface area contributed by atoms with Crippen LogP contribution in [0.5, 0.6) is 0 Å². The highest BCUT2D eigenvalue weighted by Crippen LogP contribution is 2.61. The van der Waals surface area contributed by atoms with E-state index in [0.717, 1.165) is 48.2 Å². The van der Waals surface area contributed by atoms with Gasteiger partial charge in [0.1, 0.15) is 36.3 Å². The van der Waals surface area contributed by atoms with Gasteiger partial charge in [-0.05, 0) is 6.42 Å². The Hall–Kier alpha value is -2.44. The lowest BCUT2D eigenvalue weighted by Crippen LogP contribution is -2.46. The van der Waals surface area contributed by atoms with Gasteiger partial charge in [0.2, 0.25) is 11.8 Å². The highest BCUT2D eigenvalue weighted by atomic mass is 32.2. The number of phosphoric ester groups is 3. The normalized spacial score (nSPS) is 20.0. The summed E-state index contributed by atoms with van der Waals surface area (Å²) in [6.45, 7) is 2.81. The maximum Gasteiger partial charge on any atom is 0.481 e. The van der Waals surface area contributed by atoms with Gasteiger partial charge in [0.15, 0.2) is 22.8 Å². The van der Waals surface area contributed by atoms with Crippen molar-refractivity contribution >= 4 is 69.1 Å². The molecule has 0 radical (unpaired) electrons. The lowest BCUT2D eigenvalue weighted by molar-refractivity contribution is -0.137. The van der Waals surface area contributed by atoms with Gasteiger partial charge in [-0.1, -0.05) is 117 Å². The fourth-order valence-electron chi connectivity index (χ4n) is 6.65. The summed E-state index contributed by atoms with van der Waals surface area (Å²) in [6, 6.07) is 0. The average molecular weight is 1020 g/mol. The second-order valence-corrected chi connectivity index (χ2v) is 21.7. The van der Waals surface area contributed by atoms with Crippen LogP contribution in [0.1, 0.15) is 131 Å². The minimum absolute atomic E-state index is 0. The Kier molecular flexibility index (Phi) is 26.1. The van der Waals surface area contributed by atoms with Gasteiger partial charge in [0, 0.05) is 37.1 Å². The molecule has 0 bridgehead atoms. The standard InChI is InChI=1S/C37H66N7O17P3S.CH4/c1-4-5-6-7-8-9-10-11-12-13-14-15-16-17-28(46)65-21-20-39-27(45)18-19-40-35(49)32(48)37(2,3)23-58-64(55,56)61-63(53,54)57-22-26-31(60-62(50,51)52)30(47)36(59-26)44-25-43-29-33(38)41-24-42-34(29)44;/h24-26,30-32,36,47-48H,4-23H2,1-3H3,(H,39,45)(H,40,49)(H,53,54)(H,55,56)(H2,38,41,42)(H2,50,51,52);1H4. The van der Waals surface area contributed by atoms with Crippen LogP contribution in [0.3, 0.4) is 0 Å². The number of unbranched alkanes of at least 4 members (excludes halogenated alkanes) is 12. The lowest BCUT2D eigenvalue weighted by Gasteiger charge is -2.30. The number of hydrogen-bond donors (Lipinski definition) is 9.